The summed E-state index contributed by atoms with van der Waals surface area (Å²) in [6.45, 7) is 5.06. The number of ether oxygens (including phenoxy) is 1. The van der Waals surface area contributed by atoms with Crippen LogP contribution in [0.15, 0.2) is 60.7 Å². The molecule has 0 aliphatic carbocycles. The van der Waals surface area contributed by atoms with Crippen LogP contribution in [0.3, 0.4) is 0 Å². The molecule has 0 spiro atoms. The van der Waals surface area contributed by atoms with Gasteiger partial charge in [0.15, 0.2) is 6.10 Å². The standard InChI is InChI=1S/C27H33N2O3S/c30-24(21-7-3-1-4-8-21)19-29-15-11-22(12-16-29)25(20-29)32-27(31)26(23-9-5-2-6-10-23)28-13-17-33-18-14-28/h1-10,22,25-26H,11-20H2/q+1/t22?,25-,26-,29?/m0/s1. The number of benzene rings is 2. The minimum atomic E-state index is -0.345. The van der Waals surface area contributed by atoms with Gasteiger partial charge in [-0.2, -0.15) is 11.8 Å². The summed E-state index contributed by atoms with van der Waals surface area (Å²) >= 11 is 1.94. The summed E-state index contributed by atoms with van der Waals surface area (Å²) in [5.74, 6) is 2.57. The van der Waals surface area contributed by atoms with E-state index in [1.807, 2.05) is 72.4 Å². The molecule has 0 unspecified atom stereocenters. The minimum absolute atomic E-state index is 0.103. The van der Waals surface area contributed by atoms with Crippen LogP contribution in [0.1, 0.15) is 34.8 Å². The number of nitrogens with zero attached hydrogens (tertiary/aromatic N) is 2. The van der Waals surface area contributed by atoms with Crippen LogP contribution in [0.25, 0.3) is 0 Å². The Hall–Kier alpha value is -2.15. The highest BCUT2D eigenvalue weighted by atomic mass is 32.2. The van der Waals surface area contributed by atoms with Gasteiger partial charge >= 0.3 is 5.97 Å². The van der Waals surface area contributed by atoms with Crippen molar-refractivity contribution in [3.8, 4) is 0 Å². The number of esters is 1. The fraction of sp³-hybridized carbons (Fsp3) is 0.481. The number of fused-ring (bicyclic) bond motifs is 3. The van der Waals surface area contributed by atoms with E-state index in [-0.39, 0.29) is 23.9 Å². The zero-order chi connectivity index (χ0) is 22.7. The van der Waals surface area contributed by atoms with Crippen molar-refractivity contribution in [1.29, 1.82) is 0 Å². The molecule has 6 rings (SSSR count). The maximum atomic E-state index is 13.6. The van der Waals surface area contributed by atoms with E-state index < -0.39 is 0 Å². The molecule has 33 heavy (non-hydrogen) atoms. The highest BCUT2D eigenvalue weighted by molar-refractivity contribution is 7.99. The Morgan fingerprint density at radius 2 is 1.61 bits per heavy atom. The lowest BCUT2D eigenvalue weighted by atomic mass is 9.82. The Morgan fingerprint density at radius 1 is 0.970 bits per heavy atom. The van der Waals surface area contributed by atoms with E-state index in [0.717, 1.165) is 72.7 Å². The number of carbonyl (C=O) groups is 2. The predicted molar refractivity (Wildman–Crippen MR) is 131 cm³/mol. The summed E-state index contributed by atoms with van der Waals surface area (Å²) in [6, 6.07) is 19.3. The number of hydrogen-bond acceptors (Lipinski definition) is 5. The Morgan fingerprint density at radius 3 is 2.27 bits per heavy atom. The summed E-state index contributed by atoms with van der Waals surface area (Å²) in [4.78, 5) is 28.9. The number of carbonyl (C=O) groups excluding carboxylic acids is 2. The van der Waals surface area contributed by atoms with Crippen LogP contribution in [0.2, 0.25) is 0 Å². The van der Waals surface area contributed by atoms with E-state index in [9.17, 15) is 9.59 Å². The predicted octanol–water partition coefficient (Wildman–Crippen LogP) is 3.81. The summed E-state index contributed by atoms with van der Waals surface area (Å²) in [5.41, 5.74) is 1.79. The molecule has 0 aromatic heterocycles. The molecule has 4 saturated heterocycles. The third-order valence-corrected chi connectivity index (χ3v) is 8.58. The number of hydrogen-bond donors (Lipinski definition) is 0. The van der Waals surface area contributed by atoms with Crippen molar-refractivity contribution in [1.82, 2.24) is 4.90 Å². The van der Waals surface area contributed by atoms with Crippen molar-refractivity contribution >= 4 is 23.5 Å². The first-order chi connectivity index (χ1) is 16.1. The smallest absolute Gasteiger partial charge is 0.328 e. The summed E-state index contributed by atoms with van der Waals surface area (Å²) in [6.07, 6.45) is 1.95. The SMILES string of the molecule is O=C(C[N+]12CCC(CC1)[C@@H](OC(=O)[C@H](c1ccccc1)N1CCSCC1)C2)c1ccccc1. The number of Topliss-reactive ketones (excluding diaryl/α,β-unsaturated/α-hetero) is 1. The lowest BCUT2D eigenvalue weighted by molar-refractivity contribution is -0.938. The maximum absolute atomic E-state index is 13.6. The van der Waals surface area contributed by atoms with Gasteiger partial charge in [-0.05, 0) is 5.56 Å². The van der Waals surface area contributed by atoms with Crippen LogP contribution in [-0.4, -0.2) is 78.0 Å². The molecule has 5 nitrogen and oxygen atoms in total. The van der Waals surface area contributed by atoms with Crippen LogP contribution < -0.4 is 0 Å². The molecule has 2 aromatic carbocycles. The summed E-state index contributed by atoms with van der Waals surface area (Å²) in [7, 11) is 0. The molecule has 2 bridgehead atoms. The van der Waals surface area contributed by atoms with E-state index in [2.05, 4.69) is 4.90 Å². The quantitative estimate of drug-likeness (QED) is 0.354. The first kappa shape index (κ1) is 22.6. The fourth-order valence-corrected chi connectivity index (χ4v) is 6.71. The van der Waals surface area contributed by atoms with Gasteiger partial charge in [0.2, 0.25) is 5.78 Å². The van der Waals surface area contributed by atoms with Crippen LogP contribution in [0.5, 0.6) is 0 Å². The van der Waals surface area contributed by atoms with Crippen molar-refractivity contribution in [3.63, 3.8) is 0 Å². The molecule has 0 amide bonds. The molecule has 174 valence electrons. The molecule has 4 heterocycles. The second-order valence-electron chi connectivity index (χ2n) is 9.69. The average molecular weight is 466 g/mol. The fourth-order valence-electron chi connectivity index (χ4n) is 5.78. The number of rotatable bonds is 7. The van der Waals surface area contributed by atoms with Gasteiger partial charge in [0, 0.05) is 48.9 Å². The van der Waals surface area contributed by atoms with Crippen LogP contribution >= 0.6 is 11.8 Å². The van der Waals surface area contributed by atoms with Gasteiger partial charge in [-0.15, -0.1) is 0 Å². The van der Waals surface area contributed by atoms with Crippen molar-refractivity contribution in [3.05, 3.63) is 71.8 Å². The van der Waals surface area contributed by atoms with Gasteiger partial charge in [-0.3, -0.25) is 9.69 Å². The van der Waals surface area contributed by atoms with Gasteiger partial charge in [-0.1, -0.05) is 60.7 Å². The van der Waals surface area contributed by atoms with Gasteiger partial charge in [-0.25, -0.2) is 4.79 Å². The minimum Gasteiger partial charge on any atom is -0.455 e. The van der Waals surface area contributed by atoms with Gasteiger partial charge in [0.1, 0.15) is 19.1 Å². The topological polar surface area (TPSA) is 46.6 Å². The third kappa shape index (κ3) is 5.03. The van der Waals surface area contributed by atoms with E-state index in [1.54, 1.807) is 0 Å². The number of quaternary nitrogens is 1. The van der Waals surface area contributed by atoms with Gasteiger partial charge in [0.05, 0.1) is 13.1 Å². The van der Waals surface area contributed by atoms with Crippen molar-refractivity contribution in [2.24, 2.45) is 5.92 Å². The Balaban J connectivity index is 1.30. The lowest BCUT2D eigenvalue weighted by Crippen LogP contribution is -2.66. The Bertz CT molecular complexity index is 954. The Labute approximate surface area is 200 Å². The molecule has 2 aromatic rings. The first-order valence-electron chi connectivity index (χ1n) is 12.1. The van der Waals surface area contributed by atoms with Crippen LogP contribution in [0, 0.1) is 5.92 Å². The number of ketones is 1. The average Bonchev–Trinajstić information content (AvgIpc) is 2.86. The van der Waals surface area contributed by atoms with Crippen molar-refractivity contribution in [2.45, 2.75) is 25.0 Å². The molecule has 0 saturated carbocycles. The molecule has 6 heteroatoms. The van der Waals surface area contributed by atoms with E-state index >= 15 is 0 Å². The van der Waals surface area contributed by atoms with E-state index in [0.29, 0.717) is 12.5 Å². The highest BCUT2D eigenvalue weighted by Crippen LogP contribution is 2.37. The van der Waals surface area contributed by atoms with Crippen LogP contribution in [0.4, 0.5) is 0 Å². The van der Waals surface area contributed by atoms with Crippen molar-refractivity contribution < 1.29 is 18.8 Å². The third-order valence-electron chi connectivity index (χ3n) is 7.63. The first-order valence-corrected chi connectivity index (χ1v) is 13.3. The number of piperidine rings is 3. The molecule has 4 aliphatic rings. The zero-order valence-electron chi connectivity index (χ0n) is 19.1. The summed E-state index contributed by atoms with van der Waals surface area (Å²) in [5, 5.41) is 0. The lowest BCUT2D eigenvalue weighted by Gasteiger charge is -2.51. The van der Waals surface area contributed by atoms with E-state index in [4.69, 9.17) is 4.74 Å². The molecule has 2 atom stereocenters. The molecule has 4 aliphatic heterocycles. The van der Waals surface area contributed by atoms with Gasteiger partial charge < -0.3 is 9.22 Å². The molecule has 0 radical (unpaired) electrons. The number of thioether (sulfide) groups is 1. The summed E-state index contributed by atoms with van der Waals surface area (Å²) < 4.78 is 7.04. The zero-order valence-corrected chi connectivity index (χ0v) is 19.9. The monoisotopic (exact) mass is 465 g/mol. The molecular weight excluding hydrogens is 432 g/mol. The Kier molecular flexibility index (Phi) is 6.86. The largest absolute Gasteiger partial charge is 0.455 e. The van der Waals surface area contributed by atoms with Gasteiger partial charge in [0.25, 0.3) is 0 Å². The normalized spacial score (nSPS) is 28.2. The van der Waals surface area contributed by atoms with Crippen LogP contribution in [-0.2, 0) is 9.53 Å². The second kappa shape index (κ2) is 10.00. The van der Waals surface area contributed by atoms with E-state index in [1.165, 1.54) is 0 Å². The molecule has 0 N–H and O–H groups in total. The van der Waals surface area contributed by atoms with Crippen molar-refractivity contribution in [2.75, 3.05) is 50.8 Å². The second-order valence-corrected chi connectivity index (χ2v) is 10.9. The molecule has 4 fully saturated rings. The maximum Gasteiger partial charge on any atom is 0.328 e. The molecular formula is C27H33N2O3S+. The highest BCUT2D eigenvalue weighted by Gasteiger charge is 2.49.